The topological polar surface area (TPSA) is 111 Å². The molecule has 2 unspecified atom stereocenters. The number of carbonyl (C=O) groups is 4. The Balaban J connectivity index is 0.00000276. The number of halogens is 2. The summed E-state index contributed by atoms with van der Waals surface area (Å²) in [4.78, 5) is 51.0. The van der Waals surface area contributed by atoms with E-state index < -0.39 is 36.3 Å². The average molecular weight is 640 g/mol. The number of hydrogen-bond donors (Lipinski definition) is 1. The zero-order chi connectivity index (χ0) is 32.9. The highest BCUT2D eigenvalue weighted by Gasteiger charge is 2.43. The van der Waals surface area contributed by atoms with Crippen molar-refractivity contribution in [1.82, 2.24) is 10.2 Å². The van der Waals surface area contributed by atoms with Crippen molar-refractivity contribution in [2.75, 3.05) is 13.7 Å². The number of hydrogen-bond acceptors (Lipinski definition) is 8. The Morgan fingerprint density at radius 1 is 0.907 bits per heavy atom. The van der Waals surface area contributed by atoms with Crippen LogP contribution < -0.4 is 5.32 Å². The SMILES string of the molecule is CC.CC.CC.CC/C(=C/NC)C(=O)N(C=O)[C@H]1CC(OC(=O)c2ccc(Cl)cc2)C(COC(=O)c2ccc(Cl)cc2)O1. The van der Waals surface area contributed by atoms with Crippen molar-refractivity contribution in [3.63, 3.8) is 0 Å². The first kappa shape index (κ1) is 39.6. The van der Waals surface area contributed by atoms with Crippen molar-refractivity contribution in [2.24, 2.45) is 0 Å². The van der Waals surface area contributed by atoms with Crippen LogP contribution in [0.25, 0.3) is 0 Å². The van der Waals surface area contributed by atoms with Crippen LogP contribution >= 0.6 is 23.2 Å². The molecule has 238 valence electrons. The molecule has 2 aromatic carbocycles. The van der Waals surface area contributed by atoms with E-state index in [4.69, 9.17) is 37.4 Å². The molecule has 0 aromatic heterocycles. The third-order valence-corrected chi connectivity index (χ3v) is 6.11. The van der Waals surface area contributed by atoms with Crippen LogP contribution in [-0.2, 0) is 23.8 Å². The number of nitrogens with zero attached hydrogens (tertiary/aromatic N) is 1. The quantitative estimate of drug-likeness (QED) is 0.167. The van der Waals surface area contributed by atoms with Gasteiger partial charge < -0.3 is 19.5 Å². The summed E-state index contributed by atoms with van der Waals surface area (Å²) in [5.74, 6) is -1.85. The van der Waals surface area contributed by atoms with Gasteiger partial charge >= 0.3 is 11.9 Å². The minimum absolute atomic E-state index is 0.0104. The maximum absolute atomic E-state index is 12.9. The fourth-order valence-electron chi connectivity index (χ4n) is 3.67. The first-order valence-corrected chi connectivity index (χ1v) is 15.2. The lowest BCUT2D eigenvalue weighted by Crippen LogP contribution is -2.40. The lowest BCUT2D eigenvalue weighted by atomic mass is 10.1. The molecular formula is C32H44Cl2N2O7. The number of ether oxygens (including phenoxy) is 3. The predicted octanol–water partition coefficient (Wildman–Crippen LogP) is 7.07. The molecule has 0 aliphatic carbocycles. The first-order valence-electron chi connectivity index (χ1n) is 14.5. The molecule has 1 saturated heterocycles. The molecule has 43 heavy (non-hydrogen) atoms. The van der Waals surface area contributed by atoms with Gasteiger partial charge in [0.1, 0.15) is 25.0 Å². The van der Waals surface area contributed by atoms with Crippen molar-refractivity contribution in [3.8, 4) is 0 Å². The van der Waals surface area contributed by atoms with Crippen LogP contribution in [0.4, 0.5) is 0 Å². The van der Waals surface area contributed by atoms with Crippen molar-refractivity contribution in [1.29, 1.82) is 0 Å². The highest BCUT2D eigenvalue weighted by atomic mass is 35.5. The van der Waals surface area contributed by atoms with Crippen molar-refractivity contribution in [2.45, 2.75) is 79.7 Å². The second kappa shape index (κ2) is 22.2. The van der Waals surface area contributed by atoms with E-state index in [1.165, 1.54) is 30.5 Å². The number of nitrogens with one attached hydrogen (secondary N) is 1. The van der Waals surface area contributed by atoms with Crippen LogP contribution in [-0.4, -0.2) is 61.2 Å². The molecule has 1 fully saturated rings. The monoisotopic (exact) mass is 638 g/mol. The third kappa shape index (κ3) is 12.4. The summed E-state index contributed by atoms with van der Waals surface area (Å²) in [5.41, 5.74) is 0.868. The maximum Gasteiger partial charge on any atom is 0.338 e. The van der Waals surface area contributed by atoms with Crippen molar-refractivity contribution < 1.29 is 33.4 Å². The van der Waals surface area contributed by atoms with Gasteiger partial charge in [-0.25, -0.2) is 9.59 Å². The minimum atomic E-state index is -1.04. The molecule has 2 aromatic rings. The Hall–Kier alpha value is -3.40. The number of benzene rings is 2. The Labute approximate surface area is 265 Å². The Morgan fingerprint density at radius 2 is 1.40 bits per heavy atom. The van der Waals surface area contributed by atoms with E-state index in [1.54, 1.807) is 38.2 Å². The van der Waals surface area contributed by atoms with Crippen LogP contribution in [0.5, 0.6) is 0 Å². The lowest BCUT2D eigenvalue weighted by molar-refractivity contribution is -0.151. The summed E-state index contributed by atoms with van der Waals surface area (Å²) in [6, 6.07) is 12.2. The Morgan fingerprint density at radius 3 is 1.84 bits per heavy atom. The summed E-state index contributed by atoms with van der Waals surface area (Å²) in [6.45, 7) is 13.5. The third-order valence-electron chi connectivity index (χ3n) is 5.61. The summed E-state index contributed by atoms with van der Waals surface area (Å²) < 4.78 is 16.9. The summed E-state index contributed by atoms with van der Waals surface area (Å²) in [5, 5.41) is 3.69. The normalized spacial score (nSPS) is 16.9. The van der Waals surface area contributed by atoms with Crippen molar-refractivity contribution >= 4 is 47.5 Å². The lowest BCUT2D eigenvalue weighted by Gasteiger charge is -2.23. The Kier molecular flexibility index (Phi) is 20.4. The first-order chi connectivity index (χ1) is 20.8. The molecule has 9 nitrogen and oxygen atoms in total. The molecule has 1 heterocycles. The highest BCUT2D eigenvalue weighted by Crippen LogP contribution is 2.28. The molecule has 2 amide bonds. The fourth-order valence-corrected chi connectivity index (χ4v) is 3.92. The van der Waals surface area contributed by atoms with Gasteiger partial charge in [0.25, 0.3) is 5.91 Å². The molecule has 3 atom stereocenters. The van der Waals surface area contributed by atoms with E-state index in [9.17, 15) is 19.2 Å². The average Bonchev–Trinajstić information content (AvgIpc) is 3.44. The molecule has 0 spiro atoms. The van der Waals surface area contributed by atoms with E-state index in [0.29, 0.717) is 28.4 Å². The predicted molar refractivity (Wildman–Crippen MR) is 170 cm³/mol. The standard InChI is InChI=1S/C26H26Cl2N2O7.3C2H6/c1-3-16(13-29-2)24(32)30(15-31)23-12-21(37-26(34)18-6-10-20(28)11-7-18)22(36-23)14-35-25(33)17-4-8-19(27)9-5-17;3*1-2/h4-11,13,15,21-23,29H,3,12,14H2,1-2H3;3*1-2H3/b16-13-;;;/t21?,22?,23-;;;/m1.../s1. The zero-order valence-corrected chi connectivity index (χ0v) is 27.7. The van der Waals surface area contributed by atoms with Crippen LogP contribution in [0.15, 0.2) is 60.3 Å². The molecule has 0 saturated carbocycles. The number of carbonyl (C=O) groups excluding carboxylic acids is 4. The summed E-state index contributed by atoms with van der Waals surface area (Å²) in [6.07, 6.45) is -0.675. The van der Waals surface area contributed by atoms with Crippen molar-refractivity contribution in [3.05, 3.63) is 81.5 Å². The second-order valence-electron chi connectivity index (χ2n) is 8.05. The van der Waals surface area contributed by atoms with Crippen LogP contribution in [0.3, 0.4) is 0 Å². The molecule has 0 bridgehead atoms. The molecular weight excluding hydrogens is 595 g/mol. The van der Waals surface area contributed by atoms with Gasteiger partial charge in [0.05, 0.1) is 11.1 Å². The van der Waals surface area contributed by atoms with E-state index in [-0.39, 0.29) is 24.2 Å². The summed E-state index contributed by atoms with van der Waals surface area (Å²) >= 11 is 11.8. The van der Waals surface area contributed by atoms with E-state index in [1.807, 2.05) is 41.5 Å². The van der Waals surface area contributed by atoms with Crippen LogP contribution in [0.1, 0.15) is 82.0 Å². The van der Waals surface area contributed by atoms with Gasteiger partial charge in [-0.05, 0) is 55.0 Å². The maximum atomic E-state index is 12.9. The van der Waals surface area contributed by atoms with Gasteiger partial charge in [-0.3, -0.25) is 14.5 Å². The van der Waals surface area contributed by atoms with Gasteiger partial charge in [0, 0.05) is 35.3 Å². The van der Waals surface area contributed by atoms with Gasteiger partial charge in [0.15, 0.2) is 0 Å². The smallest absolute Gasteiger partial charge is 0.338 e. The molecule has 3 rings (SSSR count). The Bertz CT molecular complexity index is 1160. The second-order valence-corrected chi connectivity index (χ2v) is 8.92. The molecule has 1 N–H and O–H groups in total. The van der Waals surface area contributed by atoms with E-state index in [2.05, 4.69) is 5.32 Å². The number of esters is 2. The van der Waals surface area contributed by atoms with Gasteiger partial charge in [-0.1, -0.05) is 71.7 Å². The number of amides is 2. The summed E-state index contributed by atoms with van der Waals surface area (Å²) in [7, 11) is 1.64. The number of imide groups is 1. The van der Waals surface area contributed by atoms with E-state index >= 15 is 0 Å². The highest BCUT2D eigenvalue weighted by molar-refractivity contribution is 6.31. The molecule has 11 heteroatoms. The minimum Gasteiger partial charge on any atom is -0.459 e. The van der Waals surface area contributed by atoms with E-state index in [0.717, 1.165) is 4.90 Å². The van der Waals surface area contributed by atoms with Gasteiger partial charge in [-0.2, -0.15) is 0 Å². The van der Waals surface area contributed by atoms with Crippen LogP contribution in [0.2, 0.25) is 10.0 Å². The van der Waals surface area contributed by atoms with Gasteiger partial charge in [0.2, 0.25) is 6.41 Å². The largest absolute Gasteiger partial charge is 0.459 e. The molecule has 1 aliphatic rings. The zero-order valence-electron chi connectivity index (χ0n) is 26.2. The molecule has 0 radical (unpaired) electrons. The van der Waals surface area contributed by atoms with Gasteiger partial charge in [-0.15, -0.1) is 0 Å². The molecule has 1 aliphatic heterocycles. The number of rotatable bonds is 10. The fraction of sp³-hybridized carbons (Fsp3) is 0.438. The van der Waals surface area contributed by atoms with Crippen LogP contribution in [0, 0.1) is 0 Å².